The highest BCUT2D eigenvalue weighted by Crippen LogP contribution is 2.25. The van der Waals surface area contributed by atoms with Crippen molar-refractivity contribution >= 4 is 17.6 Å². The van der Waals surface area contributed by atoms with Gasteiger partial charge in [-0.25, -0.2) is 4.79 Å². The van der Waals surface area contributed by atoms with Crippen LogP contribution in [0, 0.1) is 6.92 Å². The largest absolute Gasteiger partial charge is 0.482 e. The zero-order valence-electron chi connectivity index (χ0n) is 14.5. The van der Waals surface area contributed by atoms with Gasteiger partial charge in [-0.15, -0.1) is 0 Å². The van der Waals surface area contributed by atoms with Crippen LogP contribution in [0.5, 0.6) is 5.75 Å². The van der Waals surface area contributed by atoms with Crippen LogP contribution in [0.3, 0.4) is 0 Å². The average molecular weight is 381 g/mol. The molecule has 0 atom stereocenters. The molecule has 27 heavy (non-hydrogen) atoms. The van der Waals surface area contributed by atoms with Crippen LogP contribution in [0.4, 0.5) is 18.9 Å². The van der Waals surface area contributed by atoms with E-state index in [-0.39, 0.29) is 12.0 Å². The lowest BCUT2D eigenvalue weighted by atomic mass is 10.0. The number of carboxylic acid groups (broad SMARTS) is 1. The number of aryl methyl sites for hydroxylation is 2. The van der Waals surface area contributed by atoms with Crippen LogP contribution in [0.15, 0.2) is 42.5 Å². The van der Waals surface area contributed by atoms with Gasteiger partial charge in [0, 0.05) is 17.7 Å². The molecule has 5 nitrogen and oxygen atoms in total. The molecule has 0 saturated heterocycles. The lowest BCUT2D eigenvalue weighted by Gasteiger charge is -2.13. The fraction of sp³-hybridized carbons (Fsp3) is 0.263. The highest BCUT2D eigenvalue weighted by molar-refractivity contribution is 6.05. The van der Waals surface area contributed by atoms with Gasteiger partial charge in [-0.2, -0.15) is 13.2 Å². The third-order valence-electron chi connectivity index (χ3n) is 3.75. The lowest BCUT2D eigenvalue weighted by molar-refractivity contribution is -0.139. The first-order valence-electron chi connectivity index (χ1n) is 8.07. The number of anilines is 1. The van der Waals surface area contributed by atoms with Crippen molar-refractivity contribution in [3.05, 3.63) is 59.2 Å². The fourth-order valence-electron chi connectivity index (χ4n) is 2.44. The summed E-state index contributed by atoms with van der Waals surface area (Å²) < 4.78 is 42.5. The summed E-state index contributed by atoms with van der Waals surface area (Å²) in [6.45, 7) is 1.20. The van der Waals surface area contributed by atoms with Gasteiger partial charge < -0.3 is 15.2 Å². The number of carbonyl (C=O) groups is 2. The van der Waals surface area contributed by atoms with Crippen molar-refractivity contribution in [2.75, 3.05) is 11.9 Å². The highest BCUT2D eigenvalue weighted by Gasteiger charge is 2.27. The molecule has 0 spiro atoms. The maximum Gasteiger partial charge on any atom is 0.389 e. The number of ether oxygens (including phenoxy) is 1. The molecule has 0 heterocycles. The summed E-state index contributed by atoms with van der Waals surface area (Å²) in [6, 6.07) is 10.7. The Labute approximate surface area is 153 Å². The first-order chi connectivity index (χ1) is 12.7. The number of halogens is 3. The van der Waals surface area contributed by atoms with Crippen molar-refractivity contribution in [3.8, 4) is 5.75 Å². The minimum atomic E-state index is -4.30. The van der Waals surface area contributed by atoms with Gasteiger partial charge in [0.2, 0.25) is 0 Å². The zero-order chi connectivity index (χ0) is 20.0. The van der Waals surface area contributed by atoms with Crippen LogP contribution in [0.2, 0.25) is 0 Å². The molecule has 0 aromatic heterocycles. The SMILES string of the molecule is Cc1cc(OCC(=O)O)ccc1NC(=O)c1ccccc1CCC(F)(F)F. The second-order valence-corrected chi connectivity index (χ2v) is 5.89. The number of rotatable bonds is 7. The van der Waals surface area contributed by atoms with E-state index in [1.807, 2.05) is 0 Å². The van der Waals surface area contributed by atoms with E-state index in [0.29, 0.717) is 22.6 Å². The quantitative estimate of drug-likeness (QED) is 0.754. The molecule has 0 unspecified atom stereocenters. The highest BCUT2D eigenvalue weighted by atomic mass is 19.4. The summed E-state index contributed by atoms with van der Waals surface area (Å²) in [5.41, 5.74) is 1.56. The Morgan fingerprint density at radius 1 is 1.15 bits per heavy atom. The molecule has 2 aromatic rings. The first kappa shape index (κ1) is 20.3. The summed E-state index contributed by atoms with van der Waals surface area (Å²) in [4.78, 5) is 23.0. The van der Waals surface area contributed by atoms with Crippen LogP contribution in [-0.4, -0.2) is 29.8 Å². The van der Waals surface area contributed by atoms with Gasteiger partial charge in [0.25, 0.3) is 5.91 Å². The van der Waals surface area contributed by atoms with Gasteiger partial charge in [-0.05, 0) is 48.7 Å². The second-order valence-electron chi connectivity index (χ2n) is 5.89. The topological polar surface area (TPSA) is 75.6 Å². The Morgan fingerprint density at radius 3 is 2.48 bits per heavy atom. The number of alkyl halides is 3. The fourth-order valence-corrected chi connectivity index (χ4v) is 2.44. The van der Waals surface area contributed by atoms with E-state index in [2.05, 4.69) is 5.32 Å². The number of amides is 1. The molecule has 2 N–H and O–H groups in total. The Bertz CT molecular complexity index is 834. The molecule has 144 valence electrons. The molecule has 0 fully saturated rings. The Hall–Kier alpha value is -3.03. The summed E-state index contributed by atoms with van der Waals surface area (Å²) in [6.07, 6.45) is -5.59. The van der Waals surface area contributed by atoms with Gasteiger partial charge >= 0.3 is 12.1 Å². The van der Waals surface area contributed by atoms with Crippen molar-refractivity contribution in [3.63, 3.8) is 0 Å². The Morgan fingerprint density at radius 2 is 1.85 bits per heavy atom. The smallest absolute Gasteiger partial charge is 0.389 e. The molecule has 2 aromatic carbocycles. The van der Waals surface area contributed by atoms with Gasteiger partial charge in [0.05, 0.1) is 0 Å². The van der Waals surface area contributed by atoms with E-state index < -0.39 is 31.1 Å². The predicted octanol–water partition coefficient (Wildman–Crippen LogP) is 4.21. The van der Waals surface area contributed by atoms with Crippen molar-refractivity contribution in [1.29, 1.82) is 0 Å². The average Bonchev–Trinajstić information content (AvgIpc) is 2.59. The minimum absolute atomic E-state index is 0.173. The molecule has 0 aliphatic carbocycles. The number of benzene rings is 2. The van der Waals surface area contributed by atoms with E-state index in [0.717, 1.165) is 0 Å². The van der Waals surface area contributed by atoms with Crippen molar-refractivity contribution in [2.24, 2.45) is 0 Å². The normalized spacial score (nSPS) is 11.1. The minimum Gasteiger partial charge on any atom is -0.482 e. The molecule has 0 aliphatic heterocycles. The maximum atomic E-state index is 12.5. The first-order valence-corrected chi connectivity index (χ1v) is 8.07. The Balaban J connectivity index is 2.12. The Kier molecular flexibility index (Phi) is 6.44. The van der Waals surface area contributed by atoms with Gasteiger partial charge in [-0.1, -0.05) is 18.2 Å². The number of hydrogen-bond donors (Lipinski definition) is 2. The van der Waals surface area contributed by atoms with Gasteiger partial charge in [0.1, 0.15) is 5.75 Å². The molecule has 0 saturated carbocycles. The molecule has 0 bridgehead atoms. The maximum absolute atomic E-state index is 12.5. The monoisotopic (exact) mass is 381 g/mol. The summed E-state index contributed by atoms with van der Waals surface area (Å²) in [5.74, 6) is -1.30. The number of nitrogens with one attached hydrogen (secondary N) is 1. The molecule has 1 amide bonds. The van der Waals surface area contributed by atoms with Crippen LogP contribution < -0.4 is 10.1 Å². The summed E-state index contributed by atoms with van der Waals surface area (Å²) in [7, 11) is 0. The number of carbonyl (C=O) groups excluding carboxylic acids is 1. The van der Waals surface area contributed by atoms with Crippen molar-refractivity contribution in [1.82, 2.24) is 0 Å². The van der Waals surface area contributed by atoms with Crippen LogP contribution in [0.25, 0.3) is 0 Å². The van der Waals surface area contributed by atoms with Crippen LogP contribution in [-0.2, 0) is 11.2 Å². The molecule has 8 heteroatoms. The molecular weight excluding hydrogens is 363 g/mol. The van der Waals surface area contributed by atoms with Gasteiger partial charge in [0.15, 0.2) is 6.61 Å². The third-order valence-corrected chi connectivity index (χ3v) is 3.75. The van der Waals surface area contributed by atoms with Crippen LogP contribution in [0.1, 0.15) is 27.9 Å². The van der Waals surface area contributed by atoms with Crippen molar-refractivity contribution < 1.29 is 32.6 Å². The molecule has 0 aliphatic rings. The third kappa shape index (κ3) is 6.32. The molecular formula is C19H18F3NO4. The predicted molar refractivity (Wildman–Crippen MR) is 93.1 cm³/mol. The molecule has 2 rings (SSSR count). The van der Waals surface area contributed by atoms with E-state index in [9.17, 15) is 22.8 Å². The summed E-state index contributed by atoms with van der Waals surface area (Å²) in [5, 5.41) is 11.3. The van der Waals surface area contributed by atoms with E-state index in [4.69, 9.17) is 9.84 Å². The number of hydrogen-bond acceptors (Lipinski definition) is 3. The zero-order valence-corrected chi connectivity index (χ0v) is 14.5. The van der Waals surface area contributed by atoms with E-state index in [1.54, 1.807) is 31.2 Å². The molecule has 0 radical (unpaired) electrons. The lowest BCUT2D eigenvalue weighted by Crippen LogP contribution is -2.16. The summed E-state index contributed by atoms with van der Waals surface area (Å²) >= 11 is 0. The van der Waals surface area contributed by atoms with E-state index >= 15 is 0 Å². The van der Waals surface area contributed by atoms with Crippen molar-refractivity contribution in [2.45, 2.75) is 25.9 Å². The number of carboxylic acids is 1. The van der Waals surface area contributed by atoms with Crippen LogP contribution >= 0.6 is 0 Å². The number of aliphatic carboxylic acids is 1. The second kappa shape index (κ2) is 8.57. The van der Waals surface area contributed by atoms with Gasteiger partial charge in [-0.3, -0.25) is 4.79 Å². The van der Waals surface area contributed by atoms with E-state index in [1.165, 1.54) is 18.2 Å². The standard InChI is InChI=1S/C19H18F3NO4/c1-12-10-14(27-11-17(24)25)6-7-16(12)23-18(26)15-5-3-2-4-13(15)8-9-19(20,21)22/h2-7,10H,8-9,11H2,1H3,(H,23,26)(H,24,25).